The predicted molar refractivity (Wildman–Crippen MR) is 56.5 cm³/mol. The largest absolute Gasteiger partial charge is 0.478 e. The molecule has 1 heterocycles. The van der Waals surface area contributed by atoms with Crippen molar-refractivity contribution in [3.8, 4) is 0 Å². The predicted octanol–water partition coefficient (Wildman–Crippen LogP) is 1.86. The third-order valence-electron chi connectivity index (χ3n) is 2.42. The summed E-state index contributed by atoms with van der Waals surface area (Å²) >= 11 is 0. The molecule has 3 heteroatoms. The van der Waals surface area contributed by atoms with Gasteiger partial charge in [-0.05, 0) is 29.2 Å². The smallest absolute Gasteiger partial charge is 0.328 e. The molecule has 3 nitrogen and oxygen atoms in total. The second-order valence-corrected chi connectivity index (χ2v) is 3.50. The van der Waals surface area contributed by atoms with Crippen molar-refractivity contribution in [3.63, 3.8) is 0 Å². The first-order chi connectivity index (χ1) is 7.25. The first-order valence-corrected chi connectivity index (χ1v) is 4.86. The van der Waals surface area contributed by atoms with Crippen LogP contribution in [0.15, 0.2) is 24.3 Å². The van der Waals surface area contributed by atoms with Gasteiger partial charge < -0.3 is 9.84 Å². The summed E-state index contributed by atoms with van der Waals surface area (Å²) in [7, 11) is 0. The highest BCUT2D eigenvalue weighted by atomic mass is 16.5. The fraction of sp³-hybridized carbons (Fsp3) is 0.250. The van der Waals surface area contributed by atoms with Gasteiger partial charge in [-0.25, -0.2) is 4.79 Å². The first-order valence-electron chi connectivity index (χ1n) is 4.86. The van der Waals surface area contributed by atoms with Gasteiger partial charge in [0, 0.05) is 6.08 Å². The Kier molecular flexibility index (Phi) is 2.83. The van der Waals surface area contributed by atoms with E-state index in [1.807, 2.05) is 18.2 Å². The highest BCUT2D eigenvalue weighted by Gasteiger charge is 2.08. The van der Waals surface area contributed by atoms with E-state index < -0.39 is 5.97 Å². The Morgan fingerprint density at radius 3 is 3.07 bits per heavy atom. The molecule has 1 N–H and O–H groups in total. The van der Waals surface area contributed by atoms with E-state index in [1.165, 1.54) is 11.1 Å². The lowest BCUT2D eigenvalue weighted by molar-refractivity contribution is -0.131. The molecule has 0 amide bonds. The van der Waals surface area contributed by atoms with Gasteiger partial charge in [-0.15, -0.1) is 0 Å². The molecule has 0 atom stereocenters. The van der Waals surface area contributed by atoms with Gasteiger partial charge in [-0.3, -0.25) is 0 Å². The van der Waals surface area contributed by atoms with Crippen LogP contribution in [0.25, 0.3) is 6.08 Å². The molecule has 0 bridgehead atoms. The van der Waals surface area contributed by atoms with E-state index in [2.05, 4.69) is 0 Å². The molecule has 1 aliphatic rings. The third kappa shape index (κ3) is 2.44. The SMILES string of the molecule is O=C(O)/C=C/c1ccc2c(c1)CCOC2. The van der Waals surface area contributed by atoms with Crippen LogP contribution in [0.1, 0.15) is 16.7 Å². The standard InChI is InChI=1S/C12H12O3/c13-12(14)4-2-9-1-3-11-8-15-6-5-10(11)7-9/h1-4,7H,5-6,8H2,(H,13,14)/b4-2+. The Balaban J connectivity index is 2.24. The lowest BCUT2D eigenvalue weighted by atomic mass is 10.0. The fourth-order valence-electron chi connectivity index (χ4n) is 1.65. The van der Waals surface area contributed by atoms with E-state index in [-0.39, 0.29) is 0 Å². The molecule has 0 saturated carbocycles. The van der Waals surface area contributed by atoms with Crippen molar-refractivity contribution in [2.24, 2.45) is 0 Å². The molecule has 15 heavy (non-hydrogen) atoms. The number of ether oxygens (including phenoxy) is 1. The second-order valence-electron chi connectivity index (χ2n) is 3.50. The monoisotopic (exact) mass is 204 g/mol. The van der Waals surface area contributed by atoms with Gasteiger partial charge in [-0.2, -0.15) is 0 Å². The maximum atomic E-state index is 10.4. The molecule has 0 saturated heterocycles. The van der Waals surface area contributed by atoms with E-state index in [1.54, 1.807) is 6.08 Å². The van der Waals surface area contributed by atoms with Crippen molar-refractivity contribution in [2.75, 3.05) is 6.61 Å². The van der Waals surface area contributed by atoms with Gasteiger partial charge in [0.15, 0.2) is 0 Å². The lowest BCUT2D eigenvalue weighted by Gasteiger charge is -2.16. The van der Waals surface area contributed by atoms with Crippen LogP contribution in [0.2, 0.25) is 0 Å². The van der Waals surface area contributed by atoms with Crippen LogP contribution in [0.4, 0.5) is 0 Å². The summed E-state index contributed by atoms with van der Waals surface area (Å²) in [5, 5.41) is 8.51. The molecule has 0 unspecified atom stereocenters. The van der Waals surface area contributed by atoms with Gasteiger partial charge in [0.25, 0.3) is 0 Å². The van der Waals surface area contributed by atoms with Crippen molar-refractivity contribution in [1.29, 1.82) is 0 Å². The van der Waals surface area contributed by atoms with Crippen LogP contribution in [-0.4, -0.2) is 17.7 Å². The average Bonchev–Trinajstić information content (AvgIpc) is 2.26. The number of hydrogen-bond acceptors (Lipinski definition) is 2. The first kappa shape index (κ1) is 9.93. The van der Waals surface area contributed by atoms with Crippen molar-refractivity contribution in [3.05, 3.63) is 41.0 Å². The van der Waals surface area contributed by atoms with Crippen LogP contribution in [0.3, 0.4) is 0 Å². The van der Waals surface area contributed by atoms with E-state index in [0.29, 0.717) is 6.61 Å². The average molecular weight is 204 g/mol. The third-order valence-corrected chi connectivity index (χ3v) is 2.42. The molecule has 1 aliphatic heterocycles. The van der Waals surface area contributed by atoms with Crippen molar-refractivity contribution in [1.82, 2.24) is 0 Å². The molecular formula is C12H12O3. The van der Waals surface area contributed by atoms with Crippen LogP contribution < -0.4 is 0 Å². The zero-order valence-electron chi connectivity index (χ0n) is 8.27. The zero-order valence-corrected chi connectivity index (χ0v) is 8.27. The van der Waals surface area contributed by atoms with Crippen molar-refractivity contribution in [2.45, 2.75) is 13.0 Å². The van der Waals surface area contributed by atoms with Gasteiger partial charge in [0.1, 0.15) is 0 Å². The quantitative estimate of drug-likeness (QED) is 0.748. The molecule has 2 rings (SSSR count). The molecule has 0 aliphatic carbocycles. The van der Waals surface area contributed by atoms with E-state index >= 15 is 0 Å². The van der Waals surface area contributed by atoms with Crippen LogP contribution in [-0.2, 0) is 22.6 Å². The molecular weight excluding hydrogens is 192 g/mol. The molecule has 78 valence electrons. The highest BCUT2D eigenvalue weighted by Crippen LogP contribution is 2.18. The number of carboxylic acid groups (broad SMARTS) is 1. The Morgan fingerprint density at radius 2 is 2.27 bits per heavy atom. The fourth-order valence-corrected chi connectivity index (χ4v) is 1.65. The molecule has 0 spiro atoms. The Bertz CT molecular complexity index is 407. The Hall–Kier alpha value is -1.61. The molecule has 0 aromatic heterocycles. The number of hydrogen-bond donors (Lipinski definition) is 1. The number of rotatable bonds is 2. The second kappa shape index (κ2) is 4.28. The van der Waals surface area contributed by atoms with Crippen LogP contribution in [0.5, 0.6) is 0 Å². The van der Waals surface area contributed by atoms with E-state index in [4.69, 9.17) is 9.84 Å². The summed E-state index contributed by atoms with van der Waals surface area (Å²) in [6.07, 6.45) is 3.67. The van der Waals surface area contributed by atoms with E-state index in [9.17, 15) is 4.79 Å². The summed E-state index contributed by atoms with van der Waals surface area (Å²) in [4.78, 5) is 10.4. The van der Waals surface area contributed by atoms with Crippen molar-refractivity contribution < 1.29 is 14.6 Å². The summed E-state index contributed by atoms with van der Waals surface area (Å²) in [6.45, 7) is 1.41. The lowest BCUT2D eigenvalue weighted by Crippen LogP contribution is -2.09. The summed E-state index contributed by atoms with van der Waals surface area (Å²) < 4.78 is 5.32. The summed E-state index contributed by atoms with van der Waals surface area (Å²) in [5.41, 5.74) is 3.39. The minimum Gasteiger partial charge on any atom is -0.478 e. The molecule has 1 aromatic carbocycles. The Labute approximate surface area is 88.0 Å². The summed E-state index contributed by atoms with van der Waals surface area (Å²) in [6, 6.07) is 5.93. The maximum absolute atomic E-state index is 10.4. The topological polar surface area (TPSA) is 46.5 Å². The van der Waals surface area contributed by atoms with Crippen molar-refractivity contribution >= 4 is 12.0 Å². The van der Waals surface area contributed by atoms with Crippen LogP contribution in [0, 0.1) is 0 Å². The normalized spacial score (nSPS) is 15.2. The van der Waals surface area contributed by atoms with Gasteiger partial charge >= 0.3 is 5.97 Å². The molecule has 0 fully saturated rings. The molecule has 0 radical (unpaired) electrons. The number of fused-ring (bicyclic) bond motifs is 1. The van der Waals surface area contributed by atoms with Gasteiger partial charge in [0.05, 0.1) is 13.2 Å². The summed E-state index contributed by atoms with van der Waals surface area (Å²) in [5.74, 6) is -0.920. The van der Waals surface area contributed by atoms with E-state index in [0.717, 1.165) is 24.7 Å². The highest BCUT2D eigenvalue weighted by molar-refractivity contribution is 5.85. The zero-order chi connectivity index (χ0) is 10.7. The number of aliphatic carboxylic acids is 1. The van der Waals surface area contributed by atoms with Crippen LogP contribution >= 0.6 is 0 Å². The number of carboxylic acids is 1. The van der Waals surface area contributed by atoms with Gasteiger partial charge in [-0.1, -0.05) is 18.2 Å². The number of benzene rings is 1. The maximum Gasteiger partial charge on any atom is 0.328 e. The van der Waals surface area contributed by atoms with Gasteiger partial charge in [0.2, 0.25) is 0 Å². The minimum atomic E-state index is -0.920. The number of carbonyl (C=O) groups is 1. The Morgan fingerprint density at radius 1 is 1.40 bits per heavy atom. The molecule has 1 aromatic rings. The minimum absolute atomic E-state index is 0.665.